The smallest absolute Gasteiger partial charge is 0.287 e. The van der Waals surface area contributed by atoms with Gasteiger partial charge in [-0.15, -0.1) is 0 Å². The normalized spacial score (nSPS) is 18.2. The monoisotopic (exact) mass is 336 g/mol. The van der Waals surface area contributed by atoms with Crippen LogP contribution in [0, 0.1) is 0 Å². The lowest BCUT2D eigenvalue weighted by molar-refractivity contribution is 0.0820. The van der Waals surface area contributed by atoms with E-state index in [1.54, 1.807) is 0 Å². The molecule has 1 aliphatic carbocycles. The van der Waals surface area contributed by atoms with Crippen molar-refractivity contribution in [2.75, 3.05) is 0 Å². The number of rotatable bonds is 3. The Morgan fingerprint density at radius 2 is 2.17 bits per heavy atom. The number of hydrogen-bond donors (Lipinski definition) is 2. The third-order valence-corrected chi connectivity index (χ3v) is 4.83. The SMILES string of the molecule is CC1(NC(=O)c2cc(S(N)(=O)=O)c(Br)o2)CCC1. The number of halogens is 1. The van der Waals surface area contributed by atoms with E-state index < -0.39 is 15.9 Å². The zero-order chi connectivity index (χ0) is 13.6. The summed E-state index contributed by atoms with van der Waals surface area (Å²) in [5.41, 5.74) is -0.224. The number of amides is 1. The van der Waals surface area contributed by atoms with Gasteiger partial charge in [0.15, 0.2) is 10.4 Å². The van der Waals surface area contributed by atoms with E-state index >= 15 is 0 Å². The predicted octanol–water partition coefficient (Wildman–Crippen LogP) is 1.36. The van der Waals surface area contributed by atoms with Crippen LogP contribution >= 0.6 is 15.9 Å². The number of carbonyl (C=O) groups is 1. The quantitative estimate of drug-likeness (QED) is 0.869. The third kappa shape index (κ3) is 2.60. The molecule has 1 aromatic rings. The topological polar surface area (TPSA) is 102 Å². The molecule has 1 saturated carbocycles. The highest BCUT2D eigenvalue weighted by Gasteiger charge is 2.34. The summed E-state index contributed by atoms with van der Waals surface area (Å²) in [5, 5.41) is 7.80. The molecule has 0 spiro atoms. The van der Waals surface area contributed by atoms with Gasteiger partial charge >= 0.3 is 0 Å². The molecule has 3 N–H and O–H groups in total. The minimum absolute atomic E-state index is 0.0612. The van der Waals surface area contributed by atoms with E-state index in [9.17, 15) is 13.2 Å². The van der Waals surface area contributed by atoms with Gasteiger partial charge in [0.1, 0.15) is 4.90 Å². The molecular formula is C10H13BrN2O4S. The highest BCUT2D eigenvalue weighted by atomic mass is 79.9. The molecule has 0 atom stereocenters. The van der Waals surface area contributed by atoms with Crippen molar-refractivity contribution in [3.05, 3.63) is 16.5 Å². The van der Waals surface area contributed by atoms with Gasteiger partial charge in [-0.3, -0.25) is 4.79 Å². The van der Waals surface area contributed by atoms with E-state index in [0.29, 0.717) is 0 Å². The summed E-state index contributed by atoms with van der Waals surface area (Å²) in [6.07, 6.45) is 2.88. The fourth-order valence-electron chi connectivity index (χ4n) is 1.83. The first-order chi connectivity index (χ1) is 8.21. The molecule has 8 heteroatoms. The van der Waals surface area contributed by atoms with Crippen molar-refractivity contribution < 1.29 is 17.6 Å². The van der Waals surface area contributed by atoms with Crippen molar-refractivity contribution in [3.8, 4) is 0 Å². The van der Waals surface area contributed by atoms with Gasteiger partial charge in [-0.1, -0.05) is 0 Å². The zero-order valence-electron chi connectivity index (χ0n) is 9.70. The number of sulfonamides is 1. The third-order valence-electron chi connectivity index (χ3n) is 3.06. The minimum atomic E-state index is -3.90. The van der Waals surface area contributed by atoms with E-state index in [4.69, 9.17) is 9.56 Å². The number of carbonyl (C=O) groups excluding carboxylic acids is 1. The van der Waals surface area contributed by atoms with Crippen LogP contribution in [0.25, 0.3) is 0 Å². The van der Waals surface area contributed by atoms with Crippen LogP contribution in [0.4, 0.5) is 0 Å². The average Bonchev–Trinajstić information content (AvgIpc) is 2.57. The van der Waals surface area contributed by atoms with E-state index in [1.807, 2.05) is 6.92 Å². The number of furan rings is 1. The Morgan fingerprint density at radius 1 is 1.56 bits per heavy atom. The molecule has 0 aliphatic heterocycles. The maximum atomic E-state index is 11.9. The maximum Gasteiger partial charge on any atom is 0.287 e. The van der Waals surface area contributed by atoms with E-state index in [0.717, 1.165) is 25.3 Å². The van der Waals surface area contributed by atoms with Gasteiger partial charge in [0, 0.05) is 11.6 Å². The summed E-state index contributed by atoms with van der Waals surface area (Å²) in [6, 6.07) is 1.12. The molecule has 0 aromatic carbocycles. The molecule has 18 heavy (non-hydrogen) atoms. The van der Waals surface area contributed by atoms with E-state index in [1.165, 1.54) is 0 Å². The van der Waals surface area contributed by atoms with Crippen molar-refractivity contribution in [2.24, 2.45) is 5.14 Å². The average molecular weight is 337 g/mol. The summed E-state index contributed by atoms with van der Waals surface area (Å²) in [4.78, 5) is 11.7. The lowest BCUT2D eigenvalue weighted by atomic mass is 9.78. The first kappa shape index (κ1) is 13.6. The molecule has 0 bridgehead atoms. The van der Waals surface area contributed by atoms with Crippen LogP contribution in [0.3, 0.4) is 0 Å². The van der Waals surface area contributed by atoms with Gasteiger partial charge in [0.05, 0.1) is 0 Å². The Bertz CT molecular complexity index is 589. The van der Waals surface area contributed by atoms with E-state index in [-0.39, 0.29) is 20.9 Å². The van der Waals surface area contributed by atoms with Gasteiger partial charge in [-0.25, -0.2) is 13.6 Å². The Balaban J connectivity index is 2.22. The highest BCUT2D eigenvalue weighted by molar-refractivity contribution is 9.10. The Morgan fingerprint density at radius 3 is 2.56 bits per heavy atom. The Labute approximate surface area is 113 Å². The summed E-state index contributed by atoms with van der Waals surface area (Å²) in [7, 11) is -3.90. The van der Waals surface area contributed by atoms with E-state index in [2.05, 4.69) is 21.2 Å². The predicted molar refractivity (Wildman–Crippen MR) is 67.5 cm³/mol. The standard InChI is InChI=1S/C10H13BrN2O4S/c1-10(3-2-4-10)13-9(14)6-5-7(8(11)17-6)18(12,15)16/h5H,2-4H2,1H3,(H,13,14)(H2,12,15,16). The number of nitrogens with two attached hydrogens (primary N) is 1. The molecule has 1 heterocycles. The Hall–Kier alpha value is -0.860. The molecule has 1 fully saturated rings. The summed E-state index contributed by atoms with van der Waals surface area (Å²) < 4.78 is 27.4. The zero-order valence-corrected chi connectivity index (χ0v) is 12.1. The van der Waals surface area contributed by atoms with Crippen LogP contribution in [-0.2, 0) is 10.0 Å². The summed E-state index contributed by atoms with van der Waals surface area (Å²) >= 11 is 2.93. The molecular weight excluding hydrogens is 324 g/mol. The van der Waals surface area contributed by atoms with Gasteiger partial charge in [-0.2, -0.15) is 0 Å². The molecule has 1 amide bonds. The van der Waals surface area contributed by atoms with Crippen molar-refractivity contribution in [1.29, 1.82) is 0 Å². The largest absolute Gasteiger partial charge is 0.443 e. The molecule has 6 nitrogen and oxygen atoms in total. The second-order valence-corrected chi connectivity index (χ2v) is 6.91. The highest BCUT2D eigenvalue weighted by Crippen LogP contribution is 2.32. The van der Waals surface area contributed by atoms with Gasteiger partial charge in [-0.05, 0) is 42.1 Å². The maximum absolute atomic E-state index is 11.9. The van der Waals surface area contributed by atoms with Gasteiger partial charge in [0.25, 0.3) is 5.91 Å². The molecule has 2 rings (SSSR count). The van der Waals surface area contributed by atoms with Crippen LogP contribution in [0.2, 0.25) is 0 Å². The van der Waals surface area contributed by atoms with Crippen LogP contribution in [0.5, 0.6) is 0 Å². The molecule has 0 unspecified atom stereocenters. The van der Waals surface area contributed by atoms with Crippen molar-refractivity contribution >= 4 is 31.9 Å². The van der Waals surface area contributed by atoms with Crippen molar-refractivity contribution in [3.63, 3.8) is 0 Å². The molecule has 0 saturated heterocycles. The second kappa shape index (κ2) is 4.36. The van der Waals surface area contributed by atoms with Crippen LogP contribution < -0.4 is 10.5 Å². The van der Waals surface area contributed by atoms with Crippen LogP contribution in [0.15, 0.2) is 20.0 Å². The first-order valence-electron chi connectivity index (χ1n) is 5.36. The van der Waals surface area contributed by atoms with Crippen LogP contribution in [0.1, 0.15) is 36.7 Å². The fraction of sp³-hybridized carbons (Fsp3) is 0.500. The second-order valence-electron chi connectivity index (χ2n) is 4.66. The van der Waals surface area contributed by atoms with Crippen LogP contribution in [-0.4, -0.2) is 19.9 Å². The van der Waals surface area contributed by atoms with Crippen molar-refractivity contribution in [2.45, 2.75) is 36.6 Å². The first-order valence-corrected chi connectivity index (χ1v) is 7.70. The van der Waals surface area contributed by atoms with Gasteiger partial charge < -0.3 is 9.73 Å². The summed E-state index contributed by atoms with van der Waals surface area (Å²) in [6.45, 7) is 1.94. The minimum Gasteiger partial charge on any atom is -0.443 e. The molecule has 100 valence electrons. The lowest BCUT2D eigenvalue weighted by Gasteiger charge is -2.38. The fourth-order valence-corrected chi connectivity index (χ4v) is 3.33. The number of primary sulfonamides is 1. The molecule has 0 radical (unpaired) electrons. The summed E-state index contributed by atoms with van der Waals surface area (Å²) in [5.74, 6) is -0.508. The van der Waals surface area contributed by atoms with Gasteiger partial charge in [0.2, 0.25) is 10.0 Å². The Kier molecular flexibility index (Phi) is 3.28. The molecule has 1 aromatic heterocycles. The number of hydrogen-bond acceptors (Lipinski definition) is 4. The lowest BCUT2D eigenvalue weighted by Crippen LogP contribution is -2.50. The molecule has 1 aliphatic rings. The van der Waals surface area contributed by atoms with Crippen molar-refractivity contribution in [1.82, 2.24) is 5.32 Å². The number of nitrogens with one attached hydrogen (secondary N) is 1.